The van der Waals surface area contributed by atoms with Gasteiger partial charge in [-0.05, 0) is 6.42 Å². The summed E-state index contributed by atoms with van der Waals surface area (Å²) in [7, 11) is 0. The molecular formula is C12H15N3O6. The number of aromatic nitrogens is 1. The molecule has 1 aromatic heterocycles. The van der Waals surface area contributed by atoms with Gasteiger partial charge in [-0.1, -0.05) is 6.92 Å². The Morgan fingerprint density at radius 1 is 1.43 bits per heavy atom. The number of carboxylic acid groups (broad SMARTS) is 1. The number of aromatic carboxylic acids is 1. The normalized spacial score (nSPS) is 9.81. The van der Waals surface area contributed by atoms with Crippen LogP contribution in [-0.2, 0) is 4.79 Å². The first-order chi connectivity index (χ1) is 9.97. The Morgan fingerprint density at radius 2 is 2.14 bits per heavy atom. The van der Waals surface area contributed by atoms with Crippen LogP contribution < -0.4 is 20.5 Å². The number of carbonyl (C=O) groups is 3. The van der Waals surface area contributed by atoms with Gasteiger partial charge in [0.2, 0.25) is 5.91 Å². The second-order valence-corrected chi connectivity index (χ2v) is 3.82. The molecule has 9 heteroatoms. The van der Waals surface area contributed by atoms with E-state index in [0.717, 1.165) is 6.20 Å². The van der Waals surface area contributed by atoms with E-state index in [-0.39, 0.29) is 30.3 Å². The van der Waals surface area contributed by atoms with Crippen molar-refractivity contribution in [3.63, 3.8) is 0 Å². The Labute approximate surface area is 120 Å². The molecule has 0 aliphatic heterocycles. The van der Waals surface area contributed by atoms with Crippen LogP contribution >= 0.6 is 0 Å². The summed E-state index contributed by atoms with van der Waals surface area (Å²) in [5.74, 6) is -2.17. The van der Waals surface area contributed by atoms with Gasteiger partial charge in [-0.15, -0.1) is 0 Å². The molecular weight excluding hydrogens is 282 g/mol. The summed E-state index contributed by atoms with van der Waals surface area (Å²) in [6.45, 7) is 1.76. The van der Waals surface area contributed by atoms with Gasteiger partial charge >= 0.3 is 12.1 Å². The molecule has 0 bridgehead atoms. The second-order valence-electron chi connectivity index (χ2n) is 3.82. The quantitative estimate of drug-likeness (QED) is 0.673. The second kappa shape index (κ2) is 7.80. The number of nitrogens with one attached hydrogen (secondary N) is 1. The zero-order valence-electron chi connectivity index (χ0n) is 11.3. The molecule has 0 saturated carbocycles. The first kappa shape index (κ1) is 16.4. The van der Waals surface area contributed by atoms with Crippen LogP contribution in [0.15, 0.2) is 12.3 Å². The van der Waals surface area contributed by atoms with Crippen molar-refractivity contribution in [3.05, 3.63) is 17.8 Å². The standard InChI is InChI=1S/C12H15N3O6/c1-2-3-20-8-4-7(11(17)18)6-14-10(8)21-12(19)15-9(16)5-13/h4,6H,2-3,5,13H2,1H3,(H,17,18)(H,15,16,19). The fourth-order valence-corrected chi connectivity index (χ4v) is 1.22. The molecule has 21 heavy (non-hydrogen) atoms. The number of hydrogen-bond donors (Lipinski definition) is 3. The minimum absolute atomic E-state index is 0.00732. The first-order valence-electron chi connectivity index (χ1n) is 6.05. The number of ether oxygens (including phenoxy) is 2. The van der Waals surface area contributed by atoms with E-state index >= 15 is 0 Å². The van der Waals surface area contributed by atoms with Gasteiger partial charge in [0, 0.05) is 12.3 Å². The van der Waals surface area contributed by atoms with E-state index in [1.165, 1.54) is 6.07 Å². The number of nitrogens with two attached hydrogens (primary N) is 1. The smallest absolute Gasteiger partial charge is 0.420 e. The number of carbonyl (C=O) groups excluding carboxylic acids is 2. The van der Waals surface area contributed by atoms with E-state index in [0.29, 0.717) is 6.42 Å². The molecule has 0 fully saturated rings. The molecule has 114 valence electrons. The van der Waals surface area contributed by atoms with Gasteiger partial charge < -0.3 is 20.3 Å². The van der Waals surface area contributed by atoms with Crippen LogP contribution in [0.4, 0.5) is 4.79 Å². The lowest BCUT2D eigenvalue weighted by Gasteiger charge is -2.10. The Morgan fingerprint density at radius 3 is 2.71 bits per heavy atom. The van der Waals surface area contributed by atoms with Crippen LogP contribution in [-0.4, -0.2) is 41.2 Å². The van der Waals surface area contributed by atoms with Crippen LogP contribution in [0, 0.1) is 0 Å². The zero-order valence-corrected chi connectivity index (χ0v) is 11.3. The van der Waals surface area contributed by atoms with Crippen LogP contribution in [0.25, 0.3) is 0 Å². The molecule has 0 saturated heterocycles. The first-order valence-corrected chi connectivity index (χ1v) is 6.05. The van der Waals surface area contributed by atoms with E-state index < -0.39 is 18.0 Å². The lowest BCUT2D eigenvalue weighted by atomic mass is 10.3. The van der Waals surface area contributed by atoms with Crippen molar-refractivity contribution < 1.29 is 29.0 Å². The lowest BCUT2D eigenvalue weighted by Crippen LogP contribution is -2.37. The summed E-state index contributed by atoms with van der Waals surface area (Å²) >= 11 is 0. The van der Waals surface area contributed by atoms with Gasteiger partial charge in [0.25, 0.3) is 5.88 Å². The van der Waals surface area contributed by atoms with E-state index in [1.807, 2.05) is 12.2 Å². The summed E-state index contributed by atoms with van der Waals surface area (Å²) in [5.41, 5.74) is 4.92. The number of carboxylic acids is 1. The molecule has 0 aromatic carbocycles. The Kier molecular flexibility index (Phi) is 6.08. The van der Waals surface area contributed by atoms with Gasteiger partial charge in [0.05, 0.1) is 18.7 Å². The summed E-state index contributed by atoms with van der Waals surface area (Å²) in [6, 6.07) is 1.18. The lowest BCUT2D eigenvalue weighted by molar-refractivity contribution is -0.118. The zero-order chi connectivity index (χ0) is 15.8. The highest BCUT2D eigenvalue weighted by Crippen LogP contribution is 2.25. The topological polar surface area (TPSA) is 141 Å². The molecule has 0 aliphatic rings. The van der Waals surface area contributed by atoms with Gasteiger partial charge in [0.15, 0.2) is 5.75 Å². The Hall–Kier alpha value is -2.68. The van der Waals surface area contributed by atoms with Gasteiger partial charge in [-0.25, -0.2) is 14.6 Å². The number of rotatable bonds is 6. The molecule has 1 heterocycles. The highest BCUT2D eigenvalue weighted by molar-refractivity contribution is 5.93. The average molecular weight is 297 g/mol. The predicted molar refractivity (Wildman–Crippen MR) is 70.2 cm³/mol. The summed E-state index contributed by atoms with van der Waals surface area (Å²) in [5, 5.41) is 10.7. The predicted octanol–water partition coefficient (Wildman–Crippen LogP) is 0.142. The summed E-state index contributed by atoms with van der Waals surface area (Å²) < 4.78 is 10.1. The van der Waals surface area contributed by atoms with Crippen LogP contribution in [0.3, 0.4) is 0 Å². The van der Waals surface area contributed by atoms with E-state index in [9.17, 15) is 14.4 Å². The number of imide groups is 1. The van der Waals surface area contributed by atoms with Crippen molar-refractivity contribution in [1.82, 2.24) is 10.3 Å². The Bertz CT molecular complexity index is 546. The minimum atomic E-state index is -1.20. The highest BCUT2D eigenvalue weighted by Gasteiger charge is 2.16. The molecule has 0 unspecified atom stereocenters. The molecule has 1 aromatic rings. The maximum absolute atomic E-state index is 11.4. The fraction of sp³-hybridized carbons (Fsp3) is 0.333. The van der Waals surface area contributed by atoms with Crippen LogP contribution in [0.2, 0.25) is 0 Å². The molecule has 0 atom stereocenters. The molecule has 9 nitrogen and oxygen atoms in total. The third-order valence-corrected chi connectivity index (χ3v) is 2.14. The molecule has 2 amide bonds. The van der Waals surface area contributed by atoms with Crippen molar-refractivity contribution in [2.45, 2.75) is 13.3 Å². The molecule has 0 spiro atoms. The van der Waals surface area contributed by atoms with Crippen LogP contribution in [0.1, 0.15) is 23.7 Å². The van der Waals surface area contributed by atoms with Crippen LogP contribution in [0.5, 0.6) is 11.6 Å². The largest absolute Gasteiger partial charge is 0.488 e. The van der Waals surface area contributed by atoms with Crippen molar-refractivity contribution in [1.29, 1.82) is 0 Å². The SMILES string of the molecule is CCCOc1cc(C(=O)O)cnc1OC(=O)NC(=O)CN. The maximum atomic E-state index is 11.4. The molecule has 1 rings (SSSR count). The van der Waals surface area contributed by atoms with Gasteiger partial charge in [-0.3, -0.25) is 10.1 Å². The summed E-state index contributed by atoms with van der Waals surface area (Å²) in [4.78, 5) is 36.9. The van der Waals surface area contributed by atoms with Gasteiger partial charge in [0.1, 0.15) is 0 Å². The van der Waals surface area contributed by atoms with E-state index in [1.54, 1.807) is 0 Å². The van der Waals surface area contributed by atoms with Crippen molar-refractivity contribution in [2.24, 2.45) is 5.73 Å². The minimum Gasteiger partial charge on any atom is -0.488 e. The monoisotopic (exact) mass is 297 g/mol. The highest BCUT2D eigenvalue weighted by atomic mass is 16.6. The fourth-order valence-electron chi connectivity index (χ4n) is 1.22. The number of nitrogens with zero attached hydrogens (tertiary/aromatic N) is 1. The van der Waals surface area contributed by atoms with E-state index in [2.05, 4.69) is 4.98 Å². The van der Waals surface area contributed by atoms with Crippen molar-refractivity contribution in [3.8, 4) is 11.6 Å². The third kappa shape index (κ3) is 5.07. The third-order valence-electron chi connectivity index (χ3n) is 2.14. The number of hydrogen-bond acceptors (Lipinski definition) is 7. The molecule has 4 N–H and O–H groups in total. The Balaban J connectivity index is 2.91. The van der Waals surface area contributed by atoms with Gasteiger partial charge in [-0.2, -0.15) is 0 Å². The molecule has 0 radical (unpaired) electrons. The summed E-state index contributed by atoms with van der Waals surface area (Å²) in [6.07, 6.45) is 0.589. The maximum Gasteiger partial charge on any atom is 0.420 e. The number of pyridine rings is 1. The van der Waals surface area contributed by atoms with E-state index in [4.69, 9.17) is 20.3 Å². The van der Waals surface area contributed by atoms with Crippen molar-refractivity contribution in [2.75, 3.05) is 13.2 Å². The van der Waals surface area contributed by atoms with Crippen molar-refractivity contribution >= 4 is 18.0 Å². The average Bonchev–Trinajstić information content (AvgIpc) is 2.45. The number of amides is 2. The molecule has 0 aliphatic carbocycles.